The maximum absolute atomic E-state index is 5.89. The van der Waals surface area contributed by atoms with Crippen molar-refractivity contribution in [3.8, 4) is 11.6 Å². The third-order valence-corrected chi connectivity index (χ3v) is 2.87. The zero-order valence-corrected chi connectivity index (χ0v) is 11.3. The Hall–Kier alpha value is -1.55. The summed E-state index contributed by atoms with van der Waals surface area (Å²) in [5.41, 5.74) is 8.46. The molecule has 2 N–H and O–H groups in total. The average molecular weight is 293 g/mol. The van der Waals surface area contributed by atoms with Crippen LogP contribution in [0.1, 0.15) is 11.1 Å². The van der Waals surface area contributed by atoms with Gasteiger partial charge in [0.05, 0.1) is 5.69 Å². The number of nitrogen functional groups attached to an aromatic ring is 1. The van der Waals surface area contributed by atoms with E-state index < -0.39 is 0 Å². The molecular formula is C13H13BrN2O. The molecule has 0 unspecified atom stereocenters. The Morgan fingerprint density at radius 3 is 2.65 bits per heavy atom. The Morgan fingerprint density at radius 1 is 1.24 bits per heavy atom. The van der Waals surface area contributed by atoms with Crippen molar-refractivity contribution >= 4 is 21.6 Å². The molecule has 2 aromatic rings. The number of pyridine rings is 1. The molecule has 3 nitrogen and oxygen atoms in total. The van der Waals surface area contributed by atoms with Gasteiger partial charge in [0.1, 0.15) is 0 Å². The van der Waals surface area contributed by atoms with Crippen LogP contribution in [0.3, 0.4) is 0 Å². The fourth-order valence-electron chi connectivity index (χ4n) is 1.55. The number of anilines is 1. The average Bonchev–Trinajstić information content (AvgIpc) is 2.26. The molecule has 2 rings (SSSR count). The summed E-state index contributed by atoms with van der Waals surface area (Å²) in [6.07, 6.45) is 1.71. The lowest BCUT2D eigenvalue weighted by Crippen LogP contribution is -1.97. The third-order valence-electron chi connectivity index (χ3n) is 2.44. The van der Waals surface area contributed by atoms with E-state index in [1.807, 2.05) is 38.1 Å². The number of ether oxygens (including phenoxy) is 1. The molecule has 1 heterocycles. The first kappa shape index (κ1) is 11.9. The van der Waals surface area contributed by atoms with E-state index in [2.05, 4.69) is 20.9 Å². The van der Waals surface area contributed by atoms with E-state index in [9.17, 15) is 0 Å². The van der Waals surface area contributed by atoms with Crippen LogP contribution < -0.4 is 10.5 Å². The Bertz CT molecular complexity index is 535. The predicted molar refractivity (Wildman–Crippen MR) is 72.3 cm³/mol. The van der Waals surface area contributed by atoms with Gasteiger partial charge in [0.25, 0.3) is 0 Å². The smallest absolute Gasteiger partial charge is 0.222 e. The highest BCUT2D eigenvalue weighted by molar-refractivity contribution is 9.10. The largest absolute Gasteiger partial charge is 0.436 e. The maximum Gasteiger partial charge on any atom is 0.222 e. The number of nitrogens with two attached hydrogens (primary N) is 1. The lowest BCUT2D eigenvalue weighted by atomic mass is 10.2. The topological polar surface area (TPSA) is 48.1 Å². The van der Waals surface area contributed by atoms with E-state index in [-0.39, 0.29) is 0 Å². The fourth-order valence-corrected chi connectivity index (χ4v) is 1.99. The second kappa shape index (κ2) is 4.75. The van der Waals surface area contributed by atoms with Crippen molar-refractivity contribution in [2.75, 3.05) is 5.73 Å². The van der Waals surface area contributed by atoms with Crippen molar-refractivity contribution < 1.29 is 4.74 Å². The summed E-state index contributed by atoms with van der Waals surface area (Å²) in [5, 5.41) is 0. The standard InChI is InChI=1S/C13H13BrN2O/c1-8-4-3-5-11(15)12(8)17-13-9(2)6-10(14)7-16-13/h3-7H,15H2,1-2H3. The molecule has 1 aromatic heterocycles. The van der Waals surface area contributed by atoms with E-state index in [1.54, 1.807) is 6.20 Å². The number of rotatable bonds is 2. The van der Waals surface area contributed by atoms with Crippen molar-refractivity contribution in [1.82, 2.24) is 4.98 Å². The first-order valence-corrected chi connectivity index (χ1v) is 6.02. The van der Waals surface area contributed by atoms with Crippen molar-refractivity contribution in [1.29, 1.82) is 0 Å². The number of hydrogen-bond acceptors (Lipinski definition) is 3. The van der Waals surface area contributed by atoms with Gasteiger partial charge in [0.2, 0.25) is 5.88 Å². The van der Waals surface area contributed by atoms with Crippen LogP contribution >= 0.6 is 15.9 Å². The fraction of sp³-hybridized carbons (Fsp3) is 0.154. The lowest BCUT2D eigenvalue weighted by Gasteiger charge is -2.12. The molecule has 0 amide bonds. The normalized spacial score (nSPS) is 10.3. The van der Waals surface area contributed by atoms with Crippen molar-refractivity contribution in [2.24, 2.45) is 0 Å². The molecule has 4 heteroatoms. The van der Waals surface area contributed by atoms with E-state index in [0.29, 0.717) is 17.3 Å². The van der Waals surface area contributed by atoms with Gasteiger partial charge in [0.15, 0.2) is 5.75 Å². The van der Waals surface area contributed by atoms with E-state index >= 15 is 0 Å². The highest BCUT2D eigenvalue weighted by Gasteiger charge is 2.08. The van der Waals surface area contributed by atoms with Gasteiger partial charge in [-0.15, -0.1) is 0 Å². The molecule has 0 radical (unpaired) electrons. The van der Waals surface area contributed by atoms with Crippen LogP contribution in [0, 0.1) is 13.8 Å². The highest BCUT2D eigenvalue weighted by Crippen LogP contribution is 2.31. The number of aryl methyl sites for hydroxylation is 2. The van der Waals surface area contributed by atoms with Crippen molar-refractivity contribution in [3.05, 3.63) is 46.1 Å². The summed E-state index contributed by atoms with van der Waals surface area (Å²) in [7, 11) is 0. The Kier molecular flexibility index (Phi) is 3.33. The van der Waals surface area contributed by atoms with E-state index in [1.165, 1.54) is 0 Å². The second-order valence-corrected chi connectivity index (χ2v) is 4.79. The SMILES string of the molecule is Cc1cc(Br)cnc1Oc1c(C)cccc1N. The number of nitrogens with zero attached hydrogens (tertiary/aromatic N) is 1. The monoisotopic (exact) mass is 292 g/mol. The summed E-state index contributed by atoms with van der Waals surface area (Å²) >= 11 is 3.37. The summed E-state index contributed by atoms with van der Waals surface area (Å²) in [6.45, 7) is 3.90. The van der Waals surface area contributed by atoms with Gasteiger partial charge in [-0.25, -0.2) is 4.98 Å². The zero-order chi connectivity index (χ0) is 12.4. The molecule has 0 fully saturated rings. The molecule has 1 aromatic carbocycles. The van der Waals surface area contributed by atoms with Crippen LogP contribution in [0.4, 0.5) is 5.69 Å². The van der Waals surface area contributed by atoms with Gasteiger partial charge in [-0.3, -0.25) is 0 Å². The second-order valence-electron chi connectivity index (χ2n) is 3.87. The molecular weight excluding hydrogens is 280 g/mol. The van der Waals surface area contributed by atoms with Crippen LogP contribution in [0.25, 0.3) is 0 Å². The van der Waals surface area contributed by atoms with Gasteiger partial charge < -0.3 is 10.5 Å². The lowest BCUT2D eigenvalue weighted by molar-refractivity contribution is 0.457. The minimum Gasteiger partial charge on any atom is -0.436 e. The Balaban J connectivity index is 2.38. The van der Waals surface area contributed by atoms with Crippen LogP contribution in [0.15, 0.2) is 34.9 Å². The summed E-state index contributed by atoms with van der Waals surface area (Å²) in [4.78, 5) is 4.23. The van der Waals surface area contributed by atoms with Crippen LogP contribution in [-0.2, 0) is 0 Å². The van der Waals surface area contributed by atoms with E-state index in [4.69, 9.17) is 10.5 Å². The van der Waals surface area contributed by atoms with Crippen molar-refractivity contribution in [2.45, 2.75) is 13.8 Å². The zero-order valence-electron chi connectivity index (χ0n) is 9.70. The molecule has 0 atom stereocenters. The number of benzene rings is 1. The quantitative estimate of drug-likeness (QED) is 0.856. The number of aromatic nitrogens is 1. The van der Waals surface area contributed by atoms with Crippen LogP contribution in [-0.4, -0.2) is 4.98 Å². The van der Waals surface area contributed by atoms with Gasteiger partial charge in [-0.05, 0) is 47.5 Å². The van der Waals surface area contributed by atoms with Crippen LogP contribution in [0.5, 0.6) is 11.6 Å². The minimum atomic E-state index is 0.578. The number of para-hydroxylation sites is 1. The molecule has 0 saturated carbocycles. The molecule has 0 bridgehead atoms. The Labute approximate surface area is 109 Å². The first-order chi connectivity index (χ1) is 8.08. The number of hydrogen-bond donors (Lipinski definition) is 1. The molecule has 88 valence electrons. The Morgan fingerprint density at radius 2 is 2.00 bits per heavy atom. The third kappa shape index (κ3) is 2.58. The highest BCUT2D eigenvalue weighted by atomic mass is 79.9. The minimum absolute atomic E-state index is 0.578. The molecule has 0 saturated heterocycles. The molecule has 0 aliphatic heterocycles. The maximum atomic E-state index is 5.89. The number of halogens is 1. The van der Waals surface area contributed by atoms with Crippen molar-refractivity contribution in [3.63, 3.8) is 0 Å². The van der Waals surface area contributed by atoms with Gasteiger partial charge in [0, 0.05) is 16.2 Å². The molecule has 0 aliphatic rings. The van der Waals surface area contributed by atoms with Gasteiger partial charge >= 0.3 is 0 Å². The summed E-state index contributed by atoms with van der Waals surface area (Å²) in [6, 6.07) is 7.63. The molecule has 17 heavy (non-hydrogen) atoms. The van der Waals surface area contributed by atoms with Gasteiger partial charge in [-0.1, -0.05) is 12.1 Å². The van der Waals surface area contributed by atoms with E-state index in [0.717, 1.165) is 15.6 Å². The predicted octanol–water partition coefficient (Wildman–Crippen LogP) is 3.84. The molecule has 0 aliphatic carbocycles. The van der Waals surface area contributed by atoms with Gasteiger partial charge in [-0.2, -0.15) is 0 Å². The first-order valence-electron chi connectivity index (χ1n) is 5.23. The summed E-state index contributed by atoms with van der Waals surface area (Å²) < 4.78 is 6.70. The van der Waals surface area contributed by atoms with Crippen LogP contribution in [0.2, 0.25) is 0 Å². The molecule has 0 spiro atoms. The summed E-state index contributed by atoms with van der Waals surface area (Å²) in [5.74, 6) is 1.25.